The van der Waals surface area contributed by atoms with Crippen LogP contribution in [0.3, 0.4) is 0 Å². The van der Waals surface area contributed by atoms with Gasteiger partial charge in [0.25, 0.3) is 0 Å². The number of hydrogen-bond donors (Lipinski definition) is 1. The van der Waals surface area contributed by atoms with Crippen LogP contribution in [-0.2, 0) is 11.3 Å². The molecular weight excluding hydrogens is 214 g/mol. The Labute approximate surface area is 103 Å². The van der Waals surface area contributed by atoms with Crippen molar-refractivity contribution in [3.63, 3.8) is 0 Å². The van der Waals surface area contributed by atoms with Crippen LogP contribution < -0.4 is 10.2 Å². The lowest BCUT2D eigenvalue weighted by Gasteiger charge is -2.33. The van der Waals surface area contributed by atoms with Crippen LogP contribution in [0.5, 0.6) is 0 Å². The molecule has 0 radical (unpaired) electrons. The third-order valence-electron chi connectivity index (χ3n) is 3.30. The molecule has 0 amide bonds. The Balaban J connectivity index is 2.00. The molecule has 0 saturated carbocycles. The van der Waals surface area contributed by atoms with Crippen molar-refractivity contribution >= 4 is 5.69 Å². The second kappa shape index (κ2) is 5.98. The third kappa shape index (κ3) is 3.17. The van der Waals surface area contributed by atoms with Gasteiger partial charge in [-0.2, -0.15) is 0 Å². The lowest BCUT2D eigenvalue weighted by molar-refractivity contribution is 0.0819. The maximum atomic E-state index is 5.39. The van der Waals surface area contributed by atoms with Gasteiger partial charge in [0, 0.05) is 38.6 Å². The van der Waals surface area contributed by atoms with Crippen LogP contribution in [0, 0.1) is 0 Å². The second-order valence-corrected chi connectivity index (χ2v) is 4.46. The summed E-state index contributed by atoms with van der Waals surface area (Å²) in [5.41, 5.74) is 2.37. The number of nitrogens with zero attached hydrogens (tertiary/aromatic N) is 2. The minimum atomic E-state index is 0.435. The summed E-state index contributed by atoms with van der Waals surface area (Å²) in [6, 6.07) is 4.26. The lowest BCUT2D eigenvalue weighted by Crippen LogP contribution is -2.36. The third-order valence-corrected chi connectivity index (χ3v) is 3.30. The number of pyridine rings is 1. The Morgan fingerprint density at radius 3 is 2.88 bits per heavy atom. The molecule has 0 aromatic carbocycles. The average Bonchev–Trinajstić information content (AvgIpc) is 2.40. The zero-order valence-electron chi connectivity index (χ0n) is 10.6. The lowest BCUT2D eigenvalue weighted by atomic mass is 10.1. The predicted molar refractivity (Wildman–Crippen MR) is 69.2 cm³/mol. The summed E-state index contributed by atoms with van der Waals surface area (Å²) in [6.45, 7) is 2.96. The summed E-state index contributed by atoms with van der Waals surface area (Å²) in [4.78, 5) is 6.75. The monoisotopic (exact) mass is 235 g/mol. The summed E-state index contributed by atoms with van der Waals surface area (Å²) < 4.78 is 5.39. The normalized spacial score (nSPS) is 17.4. The Kier molecular flexibility index (Phi) is 4.34. The van der Waals surface area contributed by atoms with E-state index in [0.29, 0.717) is 6.10 Å². The molecule has 0 atom stereocenters. The van der Waals surface area contributed by atoms with E-state index >= 15 is 0 Å². The first-order valence-corrected chi connectivity index (χ1v) is 6.20. The summed E-state index contributed by atoms with van der Waals surface area (Å²) in [7, 11) is 3.75. The van der Waals surface area contributed by atoms with E-state index < -0.39 is 0 Å². The number of aromatic nitrogens is 1. The largest absolute Gasteiger partial charge is 0.381 e. The van der Waals surface area contributed by atoms with Gasteiger partial charge < -0.3 is 15.0 Å². The van der Waals surface area contributed by atoms with Crippen LogP contribution in [0.1, 0.15) is 18.5 Å². The number of hydrogen-bond acceptors (Lipinski definition) is 4. The minimum absolute atomic E-state index is 0.435. The first-order valence-electron chi connectivity index (χ1n) is 6.20. The number of nitrogens with one attached hydrogen (secondary N) is 1. The highest BCUT2D eigenvalue weighted by Gasteiger charge is 2.18. The molecule has 17 heavy (non-hydrogen) atoms. The molecule has 0 spiro atoms. The molecule has 1 N–H and O–H groups in total. The van der Waals surface area contributed by atoms with E-state index in [1.165, 1.54) is 5.69 Å². The summed E-state index contributed by atoms with van der Waals surface area (Å²) in [5.74, 6) is 0. The van der Waals surface area contributed by atoms with Crippen LogP contribution in [0.4, 0.5) is 5.69 Å². The fourth-order valence-electron chi connectivity index (χ4n) is 2.29. The van der Waals surface area contributed by atoms with E-state index in [-0.39, 0.29) is 0 Å². The van der Waals surface area contributed by atoms with Crippen molar-refractivity contribution in [1.29, 1.82) is 0 Å². The maximum Gasteiger partial charge on any atom is 0.0605 e. The van der Waals surface area contributed by atoms with Gasteiger partial charge in [-0.25, -0.2) is 0 Å². The molecule has 2 heterocycles. The minimum Gasteiger partial charge on any atom is -0.381 e. The molecule has 0 aliphatic carbocycles. The van der Waals surface area contributed by atoms with E-state index in [2.05, 4.69) is 27.3 Å². The van der Waals surface area contributed by atoms with Crippen LogP contribution in [0.25, 0.3) is 0 Å². The fraction of sp³-hybridized carbons (Fsp3) is 0.615. The van der Waals surface area contributed by atoms with Crippen molar-refractivity contribution in [2.45, 2.75) is 25.5 Å². The van der Waals surface area contributed by atoms with Crippen LogP contribution >= 0.6 is 0 Å². The van der Waals surface area contributed by atoms with Crippen molar-refractivity contribution in [2.24, 2.45) is 0 Å². The van der Waals surface area contributed by atoms with Gasteiger partial charge in [0.2, 0.25) is 0 Å². The summed E-state index contributed by atoms with van der Waals surface area (Å²) >= 11 is 0. The van der Waals surface area contributed by atoms with Gasteiger partial charge in [-0.3, -0.25) is 4.98 Å². The van der Waals surface area contributed by atoms with Crippen LogP contribution in [0.15, 0.2) is 18.3 Å². The van der Waals surface area contributed by atoms with E-state index in [9.17, 15) is 0 Å². The van der Waals surface area contributed by atoms with E-state index in [1.807, 2.05) is 13.2 Å². The molecule has 2 rings (SSSR count). The number of ether oxygens (including phenoxy) is 1. The zero-order valence-corrected chi connectivity index (χ0v) is 10.6. The van der Waals surface area contributed by atoms with Gasteiger partial charge in [0.15, 0.2) is 0 Å². The van der Waals surface area contributed by atoms with E-state index in [0.717, 1.165) is 38.2 Å². The van der Waals surface area contributed by atoms with Gasteiger partial charge in [0.1, 0.15) is 0 Å². The second-order valence-electron chi connectivity index (χ2n) is 4.46. The molecule has 1 aromatic heterocycles. The first-order chi connectivity index (χ1) is 8.33. The predicted octanol–water partition coefficient (Wildman–Crippen LogP) is 1.42. The van der Waals surface area contributed by atoms with E-state index in [4.69, 9.17) is 4.74 Å². The smallest absolute Gasteiger partial charge is 0.0605 e. The standard InChI is InChI=1S/C13H21N3O/c1-14-10-11-9-12(3-6-15-11)16-7-4-13(17-2)5-8-16/h3,6,9,13-14H,4-5,7-8,10H2,1-2H3. The van der Waals surface area contributed by atoms with Gasteiger partial charge in [0.05, 0.1) is 11.8 Å². The highest BCUT2D eigenvalue weighted by Crippen LogP contribution is 2.21. The molecule has 1 fully saturated rings. The Bertz CT molecular complexity index is 348. The van der Waals surface area contributed by atoms with Crippen molar-refractivity contribution in [3.8, 4) is 0 Å². The fourth-order valence-corrected chi connectivity index (χ4v) is 2.29. The Hall–Kier alpha value is -1.13. The molecule has 1 aliphatic rings. The Morgan fingerprint density at radius 1 is 1.47 bits per heavy atom. The van der Waals surface area contributed by atoms with Gasteiger partial charge in [-0.1, -0.05) is 0 Å². The SMILES string of the molecule is CNCc1cc(N2CCC(OC)CC2)ccn1. The van der Waals surface area contributed by atoms with E-state index in [1.54, 1.807) is 7.11 Å². The van der Waals surface area contributed by atoms with Gasteiger partial charge in [-0.15, -0.1) is 0 Å². The first kappa shape index (κ1) is 12.3. The summed E-state index contributed by atoms with van der Waals surface area (Å²) in [5, 5.41) is 3.13. The molecule has 0 unspecified atom stereocenters. The average molecular weight is 235 g/mol. The maximum absolute atomic E-state index is 5.39. The van der Waals surface area contributed by atoms with Crippen LogP contribution in [-0.4, -0.2) is 38.3 Å². The van der Waals surface area contributed by atoms with Gasteiger partial charge >= 0.3 is 0 Å². The molecular formula is C13H21N3O. The number of methoxy groups -OCH3 is 1. The van der Waals surface area contributed by atoms with Crippen molar-refractivity contribution in [3.05, 3.63) is 24.0 Å². The molecule has 1 saturated heterocycles. The van der Waals surface area contributed by atoms with Crippen molar-refractivity contribution in [2.75, 3.05) is 32.1 Å². The molecule has 4 heteroatoms. The molecule has 94 valence electrons. The molecule has 1 aliphatic heterocycles. The Morgan fingerprint density at radius 2 is 2.24 bits per heavy atom. The van der Waals surface area contributed by atoms with Crippen molar-refractivity contribution in [1.82, 2.24) is 10.3 Å². The molecule has 1 aromatic rings. The molecule has 0 bridgehead atoms. The molecule has 4 nitrogen and oxygen atoms in total. The summed E-state index contributed by atoms with van der Waals surface area (Å²) in [6.07, 6.45) is 4.55. The zero-order chi connectivity index (χ0) is 12.1. The highest BCUT2D eigenvalue weighted by molar-refractivity contribution is 5.46. The van der Waals surface area contributed by atoms with Crippen molar-refractivity contribution < 1.29 is 4.74 Å². The van der Waals surface area contributed by atoms with Gasteiger partial charge in [-0.05, 0) is 32.0 Å². The number of rotatable bonds is 4. The number of anilines is 1. The highest BCUT2D eigenvalue weighted by atomic mass is 16.5. The number of piperidine rings is 1. The topological polar surface area (TPSA) is 37.4 Å². The quantitative estimate of drug-likeness (QED) is 0.856. The van der Waals surface area contributed by atoms with Crippen LogP contribution in [0.2, 0.25) is 0 Å².